The number of hydrogen-bond acceptors (Lipinski definition) is 4. The third-order valence-electron chi connectivity index (χ3n) is 6.59. The number of ether oxygens (including phenoxy) is 1. The van der Waals surface area contributed by atoms with Crippen LogP contribution in [0.3, 0.4) is 0 Å². The first kappa shape index (κ1) is 17.4. The van der Waals surface area contributed by atoms with Crippen LogP contribution in [0.4, 0.5) is 0 Å². The molecular formula is C20H28O4. The lowest BCUT2D eigenvalue weighted by atomic mass is 9.46. The molecule has 0 unspecified atom stereocenters. The predicted molar refractivity (Wildman–Crippen MR) is 91.1 cm³/mol. The predicted octanol–water partition coefficient (Wildman–Crippen LogP) is 3.20. The number of hydrogen-bond donors (Lipinski definition) is 1. The molecule has 4 atom stereocenters. The zero-order chi connectivity index (χ0) is 17.7. The lowest BCUT2D eigenvalue weighted by Gasteiger charge is -2.57. The molecule has 2 saturated carbocycles. The number of cyclic esters (lactones) is 1. The van der Waals surface area contributed by atoms with Gasteiger partial charge in [-0.25, -0.2) is 4.79 Å². The molecule has 132 valence electrons. The molecule has 3 fully saturated rings. The third kappa shape index (κ3) is 2.55. The number of carbonyl (C=O) groups is 2. The van der Waals surface area contributed by atoms with Gasteiger partial charge in [0.15, 0.2) is 5.78 Å². The summed E-state index contributed by atoms with van der Waals surface area (Å²) in [7, 11) is 0. The minimum atomic E-state index is -1.08. The highest BCUT2D eigenvalue weighted by Crippen LogP contribution is 2.60. The molecule has 1 N–H and O–H groups in total. The van der Waals surface area contributed by atoms with Crippen LogP contribution in [-0.2, 0) is 14.3 Å². The van der Waals surface area contributed by atoms with Crippen LogP contribution in [0, 0.1) is 22.7 Å². The van der Waals surface area contributed by atoms with E-state index >= 15 is 0 Å². The Hall–Kier alpha value is -1.42. The minimum absolute atomic E-state index is 0.00988. The highest BCUT2D eigenvalue weighted by molar-refractivity contribution is 5.91. The summed E-state index contributed by atoms with van der Waals surface area (Å²) < 4.78 is 5.00. The molecule has 24 heavy (non-hydrogen) atoms. The highest BCUT2D eigenvalue weighted by Gasteiger charge is 2.59. The van der Waals surface area contributed by atoms with E-state index in [9.17, 15) is 14.7 Å². The van der Waals surface area contributed by atoms with E-state index in [0.717, 1.165) is 19.3 Å². The van der Waals surface area contributed by atoms with Gasteiger partial charge in [0.2, 0.25) is 0 Å². The van der Waals surface area contributed by atoms with Gasteiger partial charge in [-0.05, 0) is 41.6 Å². The third-order valence-corrected chi connectivity index (χ3v) is 6.59. The largest absolute Gasteiger partial charge is 0.462 e. The Morgan fingerprint density at radius 1 is 1.29 bits per heavy atom. The van der Waals surface area contributed by atoms with E-state index < -0.39 is 6.10 Å². The quantitative estimate of drug-likeness (QED) is 0.479. The Kier molecular flexibility index (Phi) is 4.23. The van der Waals surface area contributed by atoms with Crippen molar-refractivity contribution in [2.24, 2.45) is 22.7 Å². The van der Waals surface area contributed by atoms with Gasteiger partial charge in [0.25, 0.3) is 0 Å². The number of aliphatic hydroxyl groups excluding tert-OH is 1. The molecule has 0 aromatic carbocycles. The van der Waals surface area contributed by atoms with Crippen molar-refractivity contribution < 1.29 is 19.4 Å². The topological polar surface area (TPSA) is 63.6 Å². The molecule has 0 bridgehead atoms. The zero-order valence-electron chi connectivity index (χ0n) is 14.9. The second kappa shape index (κ2) is 5.83. The molecule has 1 heterocycles. The van der Waals surface area contributed by atoms with E-state index in [2.05, 4.69) is 27.4 Å². The Labute approximate surface area is 144 Å². The summed E-state index contributed by atoms with van der Waals surface area (Å²) in [6.07, 6.45) is 5.17. The van der Waals surface area contributed by atoms with Gasteiger partial charge in [0.1, 0.15) is 6.10 Å². The molecule has 0 radical (unpaired) electrons. The molecule has 4 nitrogen and oxygen atoms in total. The highest BCUT2D eigenvalue weighted by atomic mass is 16.5. The maximum atomic E-state index is 12.8. The first-order chi connectivity index (χ1) is 11.2. The van der Waals surface area contributed by atoms with Gasteiger partial charge in [-0.15, -0.1) is 0 Å². The van der Waals surface area contributed by atoms with Crippen molar-refractivity contribution in [3.8, 4) is 0 Å². The van der Waals surface area contributed by atoms with E-state index in [1.54, 1.807) is 0 Å². The molecule has 1 saturated heterocycles. The fraction of sp³-hybridized carbons (Fsp3) is 0.700. The van der Waals surface area contributed by atoms with Crippen LogP contribution in [-0.4, -0.2) is 29.6 Å². The van der Waals surface area contributed by atoms with Gasteiger partial charge in [-0.3, -0.25) is 4.79 Å². The number of ketones is 1. The summed E-state index contributed by atoms with van der Waals surface area (Å²) in [5.74, 6) is -0.469. The molecule has 3 aliphatic rings. The van der Waals surface area contributed by atoms with E-state index in [4.69, 9.17) is 4.74 Å². The fourth-order valence-electron chi connectivity index (χ4n) is 5.46. The molecule has 2 aliphatic carbocycles. The summed E-state index contributed by atoms with van der Waals surface area (Å²) in [5.41, 5.74) is 0.988. The smallest absolute Gasteiger partial charge is 0.333 e. The van der Waals surface area contributed by atoms with Gasteiger partial charge in [0.05, 0.1) is 6.61 Å². The fourth-order valence-corrected chi connectivity index (χ4v) is 5.46. The molecule has 4 heteroatoms. The number of rotatable bonds is 2. The van der Waals surface area contributed by atoms with Crippen LogP contribution in [0.1, 0.15) is 52.9 Å². The van der Waals surface area contributed by atoms with Crippen LogP contribution in [0.15, 0.2) is 23.8 Å². The van der Waals surface area contributed by atoms with Crippen LogP contribution in [0.2, 0.25) is 0 Å². The van der Waals surface area contributed by atoms with E-state index in [1.807, 2.05) is 6.08 Å². The summed E-state index contributed by atoms with van der Waals surface area (Å²) >= 11 is 0. The van der Waals surface area contributed by atoms with Crippen molar-refractivity contribution in [2.75, 3.05) is 6.61 Å². The first-order valence-electron chi connectivity index (χ1n) is 8.95. The Balaban J connectivity index is 1.95. The first-order valence-corrected chi connectivity index (χ1v) is 8.95. The van der Waals surface area contributed by atoms with E-state index in [-0.39, 0.29) is 34.4 Å². The lowest BCUT2D eigenvalue weighted by Crippen LogP contribution is -2.58. The molecule has 0 spiro atoms. The molecular weight excluding hydrogens is 304 g/mol. The van der Waals surface area contributed by atoms with Gasteiger partial charge in [-0.2, -0.15) is 0 Å². The molecule has 0 aromatic heterocycles. The van der Waals surface area contributed by atoms with E-state index in [0.29, 0.717) is 30.6 Å². The number of allylic oxidation sites excluding steroid dienone is 1. The monoisotopic (exact) mass is 332 g/mol. The average Bonchev–Trinajstić information content (AvgIpc) is 2.89. The zero-order valence-corrected chi connectivity index (χ0v) is 14.9. The lowest BCUT2D eigenvalue weighted by molar-refractivity contribution is -0.153. The average molecular weight is 332 g/mol. The van der Waals surface area contributed by atoms with Crippen LogP contribution in [0.5, 0.6) is 0 Å². The SMILES string of the molecule is C=C1[C@@H](O)C(=O)[C@@H]2C(C)(C)CCC[C@]2(C)[C@H]1C/C=C1/CCOC1=O. The Bertz CT molecular complexity index is 615. The summed E-state index contributed by atoms with van der Waals surface area (Å²) in [5, 5.41) is 10.5. The number of aliphatic hydroxyl groups is 1. The summed E-state index contributed by atoms with van der Waals surface area (Å²) in [4.78, 5) is 24.5. The van der Waals surface area contributed by atoms with Crippen molar-refractivity contribution in [3.05, 3.63) is 23.8 Å². The second-order valence-corrected chi connectivity index (χ2v) is 8.56. The maximum absolute atomic E-state index is 12.8. The van der Waals surface area contributed by atoms with Gasteiger partial charge in [0, 0.05) is 17.9 Å². The van der Waals surface area contributed by atoms with Crippen LogP contribution >= 0.6 is 0 Å². The molecule has 1 aliphatic heterocycles. The minimum Gasteiger partial charge on any atom is -0.462 e. The van der Waals surface area contributed by atoms with Crippen molar-refractivity contribution in [1.82, 2.24) is 0 Å². The van der Waals surface area contributed by atoms with Gasteiger partial charge < -0.3 is 9.84 Å². The number of esters is 1. The number of fused-ring (bicyclic) bond motifs is 1. The normalized spacial score (nSPS) is 40.6. The second-order valence-electron chi connectivity index (χ2n) is 8.56. The standard InChI is InChI=1S/C20H28O4/c1-12-14(7-6-13-8-11-24-18(13)23)20(4)10-5-9-19(2,3)17(20)16(22)15(12)21/h6,14-15,17,21H,1,5,7-11H2,2-4H3/b13-6-/t14-,15+,17+,20+/m0/s1. The van der Waals surface area contributed by atoms with Gasteiger partial charge >= 0.3 is 5.97 Å². The summed E-state index contributed by atoms with van der Waals surface area (Å²) in [6, 6.07) is 0. The van der Waals surface area contributed by atoms with Crippen LogP contribution in [0.25, 0.3) is 0 Å². The Morgan fingerprint density at radius 3 is 2.62 bits per heavy atom. The number of carbonyl (C=O) groups excluding carboxylic acids is 2. The number of Topliss-reactive ketones (excluding diaryl/α,β-unsaturated/α-hetero) is 1. The van der Waals surface area contributed by atoms with E-state index in [1.165, 1.54) is 0 Å². The molecule has 0 amide bonds. The van der Waals surface area contributed by atoms with Crippen molar-refractivity contribution in [2.45, 2.75) is 59.0 Å². The molecule has 0 aromatic rings. The van der Waals surface area contributed by atoms with Crippen molar-refractivity contribution >= 4 is 11.8 Å². The van der Waals surface area contributed by atoms with Crippen molar-refractivity contribution in [3.63, 3.8) is 0 Å². The van der Waals surface area contributed by atoms with Crippen molar-refractivity contribution in [1.29, 1.82) is 0 Å². The Morgan fingerprint density at radius 2 is 2.00 bits per heavy atom. The van der Waals surface area contributed by atoms with Crippen LogP contribution < -0.4 is 0 Å². The van der Waals surface area contributed by atoms with Gasteiger partial charge in [-0.1, -0.05) is 39.8 Å². The molecule has 3 rings (SSSR count). The summed E-state index contributed by atoms with van der Waals surface area (Å²) in [6.45, 7) is 11.0. The maximum Gasteiger partial charge on any atom is 0.333 e.